The molecule has 22 heavy (non-hydrogen) atoms. The highest BCUT2D eigenvalue weighted by Gasteiger charge is 2.19. The molecule has 0 saturated heterocycles. The van der Waals surface area contributed by atoms with E-state index in [2.05, 4.69) is 32.9 Å². The van der Waals surface area contributed by atoms with E-state index in [-0.39, 0.29) is 0 Å². The highest BCUT2D eigenvalue weighted by atomic mass is 16.3. The minimum Gasteiger partial charge on any atom is -0.386 e. The summed E-state index contributed by atoms with van der Waals surface area (Å²) in [4.78, 5) is 0. The van der Waals surface area contributed by atoms with E-state index in [1.807, 2.05) is 32.1 Å². The van der Waals surface area contributed by atoms with Crippen LogP contribution in [0.3, 0.4) is 0 Å². The molecule has 0 aliphatic heterocycles. The monoisotopic (exact) mass is 306 g/mol. The van der Waals surface area contributed by atoms with Crippen LogP contribution in [0.25, 0.3) is 0 Å². The van der Waals surface area contributed by atoms with Crippen molar-refractivity contribution in [2.75, 3.05) is 0 Å². The summed E-state index contributed by atoms with van der Waals surface area (Å²) in [6.45, 7) is 10.3. The molecule has 0 aromatic rings. The Morgan fingerprint density at radius 2 is 1.82 bits per heavy atom. The van der Waals surface area contributed by atoms with E-state index >= 15 is 0 Å². The van der Waals surface area contributed by atoms with Crippen molar-refractivity contribution < 1.29 is 10.2 Å². The van der Waals surface area contributed by atoms with Crippen LogP contribution in [0.5, 0.6) is 0 Å². The van der Waals surface area contributed by atoms with E-state index in [9.17, 15) is 10.2 Å². The first-order valence-electron chi connectivity index (χ1n) is 8.59. The van der Waals surface area contributed by atoms with E-state index in [1.165, 1.54) is 5.57 Å². The van der Waals surface area contributed by atoms with E-state index < -0.39 is 11.2 Å². The van der Waals surface area contributed by atoms with Crippen LogP contribution in [0.4, 0.5) is 0 Å². The van der Waals surface area contributed by atoms with Crippen LogP contribution < -0.4 is 0 Å². The van der Waals surface area contributed by atoms with Crippen LogP contribution in [-0.2, 0) is 0 Å². The van der Waals surface area contributed by atoms with Crippen LogP contribution in [0, 0.1) is 11.8 Å². The van der Waals surface area contributed by atoms with Crippen LogP contribution in [-0.4, -0.2) is 21.4 Å². The van der Waals surface area contributed by atoms with Gasteiger partial charge in [0, 0.05) is 0 Å². The summed E-state index contributed by atoms with van der Waals surface area (Å²) in [6.07, 6.45) is 14.4. The lowest BCUT2D eigenvalue weighted by Gasteiger charge is -2.23. The van der Waals surface area contributed by atoms with Crippen molar-refractivity contribution in [3.63, 3.8) is 0 Å². The van der Waals surface area contributed by atoms with Gasteiger partial charge in [0.25, 0.3) is 0 Å². The molecule has 3 atom stereocenters. The summed E-state index contributed by atoms with van der Waals surface area (Å²) in [6, 6.07) is 0. The Labute approximate surface area is 136 Å². The third-order valence-corrected chi connectivity index (χ3v) is 4.58. The third-order valence-electron chi connectivity index (χ3n) is 4.58. The predicted molar refractivity (Wildman–Crippen MR) is 94.7 cm³/mol. The molecule has 0 radical (unpaired) electrons. The second-order valence-electron chi connectivity index (χ2n) is 7.72. The highest BCUT2D eigenvalue weighted by Crippen LogP contribution is 2.25. The molecule has 126 valence electrons. The summed E-state index contributed by atoms with van der Waals surface area (Å²) in [5.41, 5.74) is -0.266. The molecule has 3 unspecified atom stereocenters. The van der Waals surface area contributed by atoms with Crippen molar-refractivity contribution in [3.8, 4) is 0 Å². The lowest BCUT2D eigenvalue weighted by Crippen LogP contribution is -2.23. The maximum atomic E-state index is 10.5. The van der Waals surface area contributed by atoms with Crippen molar-refractivity contribution in [2.24, 2.45) is 11.8 Å². The maximum Gasteiger partial charge on any atom is 0.0834 e. The van der Waals surface area contributed by atoms with E-state index in [0.717, 1.165) is 19.3 Å². The molecule has 0 spiro atoms. The Morgan fingerprint density at radius 1 is 1.14 bits per heavy atom. The third kappa shape index (κ3) is 7.42. The Kier molecular flexibility index (Phi) is 7.08. The predicted octanol–water partition coefficient (Wildman–Crippen LogP) is 4.78. The first-order valence-corrected chi connectivity index (χ1v) is 8.59. The van der Waals surface area contributed by atoms with Gasteiger partial charge in [0.1, 0.15) is 0 Å². The lowest BCUT2D eigenvalue weighted by atomic mass is 9.86. The van der Waals surface area contributed by atoms with Gasteiger partial charge < -0.3 is 10.2 Å². The Bertz CT molecular complexity index is 425. The molecular weight excluding hydrogens is 272 g/mol. The van der Waals surface area contributed by atoms with Crippen molar-refractivity contribution >= 4 is 0 Å². The summed E-state index contributed by atoms with van der Waals surface area (Å²) in [5, 5.41) is 20.8. The molecule has 0 heterocycles. The number of hydrogen-bond donors (Lipinski definition) is 2. The Hall–Kier alpha value is -0.860. The zero-order valence-electron chi connectivity index (χ0n) is 15.0. The quantitative estimate of drug-likeness (QED) is 0.684. The van der Waals surface area contributed by atoms with Gasteiger partial charge >= 0.3 is 0 Å². The molecule has 1 rings (SSSR count). The number of aliphatic hydroxyl groups is 2. The maximum absolute atomic E-state index is 10.5. The van der Waals surface area contributed by atoms with Gasteiger partial charge in [-0.1, -0.05) is 49.8 Å². The largest absolute Gasteiger partial charge is 0.386 e. The first-order chi connectivity index (χ1) is 10.1. The van der Waals surface area contributed by atoms with Gasteiger partial charge in [-0.25, -0.2) is 0 Å². The molecule has 2 nitrogen and oxygen atoms in total. The van der Waals surface area contributed by atoms with Gasteiger partial charge in [-0.05, 0) is 64.7 Å². The summed E-state index contributed by atoms with van der Waals surface area (Å²) >= 11 is 0. The second-order valence-corrected chi connectivity index (χ2v) is 7.72. The van der Waals surface area contributed by atoms with E-state index in [1.54, 1.807) is 0 Å². The molecule has 2 heteroatoms. The molecule has 0 saturated carbocycles. The average molecular weight is 306 g/mol. The summed E-state index contributed by atoms with van der Waals surface area (Å²) in [5.74, 6) is 1.06. The fourth-order valence-corrected chi connectivity index (χ4v) is 2.79. The summed E-state index contributed by atoms with van der Waals surface area (Å²) < 4.78 is 0. The minimum absolute atomic E-state index is 0.491. The van der Waals surface area contributed by atoms with Gasteiger partial charge in [0.2, 0.25) is 0 Å². The Balaban J connectivity index is 2.96. The minimum atomic E-state index is -0.852. The fourth-order valence-electron chi connectivity index (χ4n) is 2.79. The number of allylic oxidation sites excluding steroid dienone is 3. The molecular formula is C20H34O2. The van der Waals surface area contributed by atoms with Gasteiger partial charge in [0.15, 0.2) is 0 Å². The lowest BCUT2D eigenvalue weighted by molar-refractivity contribution is 0.0985. The van der Waals surface area contributed by atoms with Gasteiger partial charge in [-0.3, -0.25) is 0 Å². The van der Waals surface area contributed by atoms with Crippen molar-refractivity contribution in [1.82, 2.24) is 0 Å². The zero-order chi connectivity index (χ0) is 16.8. The van der Waals surface area contributed by atoms with Crippen molar-refractivity contribution in [1.29, 1.82) is 0 Å². The van der Waals surface area contributed by atoms with Crippen LogP contribution >= 0.6 is 0 Å². The Morgan fingerprint density at radius 3 is 2.45 bits per heavy atom. The zero-order valence-corrected chi connectivity index (χ0v) is 15.0. The van der Waals surface area contributed by atoms with Crippen LogP contribution in [0.15, 0.2) is 36.0 Å². The first kappa shape index (κ1) is 19.2. The van der Waals surface area contributed by atoms with Gasteiger partial charge in [-0.15, -0.1) is 0 Å². The SMILES string of the molecule is C/C1=C\CCC(C)(O)/C=C\CC(C)(O)/C=C\C(C(C)C)CC1. The normalized spacial score (nSPS) is 40.5. The number of rotatable bonds is 1. The molecule has 1 aliphatic carbocycles. The number of hydrogen-bond acceptors (Lipinski definition) is 2. The second kappa shape index (κ2) is 8.12. The molecule has 0 aromatic heterocycles. The molecule has 1 aliphatic rings. The topological polar surface area (TPSA) is 40.5 Å². The molecule has 2 N–H and O–H groups in total. The molecule has 0 bridgehead atoms. The van der Waals surface area contributed by atoms with Crippen molar-refractivity contribution in [3.05, 3.63) is 36.0 Å². The standard InChI is InChI=1S/C20H34O2/c1-16(2)18-10-9-17(3)8-6-12-19(4,21)13-7-14-20(5,22)15-11-18/h7-8,11,13,15-16,18,21-22H,6,9-10,12,14H2,1-5H3/b13-7-,15-11-,17-8+. The van der Waals surface area contributed by atoms with E-state index in [4.69, 9.17) is 0 Å². The molecule has 0 fully saturated rings. The average Bonchev–Trinajstić information content (AvgIpc) is 2.36. The van der Waals surface area contributed by atoms with Gasteiger partial charge in [-0.2, -0.15) is 0 Å². The van der Waals surface area contributed by atoms with E-state index in [0.29, 0.717) is 24.7 Å². The molecule has 0 aromatic carbocycles. The fraction of sp³-hybridized carbons (Fsp3) is 0.700. The van der Waals surface area contributed by atoms with Crippen LogP contribution in [0.1, 0.15) is 66.7 Å². The summed E-state index contributed by atoms with van der Waals surface area (Å²) in [7, 11) is 0. The smallest absolute Gasteiger partial charge is 0.0834 e. The van der Waals surface area contributed by atoms with Crippen LogP contribution in [0.2, 0.25) is 0 Å². The highest BCUT2D eigenvalue weighted by molar-refractivity contribution is 5.09. The van der Waals surface area contributed by atoms with Gasteiger partial charge in [0.05, 0.1) is 11.2 Å². The molecule has 0 amide bonds. The van der Waals surface area contributed by atoms with Crippen molar-refractivity contribution in [2.45, 2.75) is 77.9 Å².